The van der Waals surface area contributed by atoms with Crippen molar-refractivity contribution in [2.45, 2.75) is 50.2 Å². The van der Waals surface area contributed by atoms with Crippen LogP contribution in [0.4, 0.5) is 4.39 Å². The van der Waals surface area contributed by atoms with Crippen LogP contribution in [-0.4, -0.2) is 74.2 Å². The number of phenolic OH excluding ortho intramolecular Hbond substituents is 1. The topological polar surface area (TPSA) is 108 Å². The molecule has 2 fully saturated rings. The number of benzene rings is 3. The van der Waals surface area contributed by atoms with E-state index in [1.165, 1.54) is 12.1 Å². The Balaban J connectivity index is 1.41. The van der Waals surface area contributed by atoms with Crippen LogP contribution in [0.1, 0.15) is 38.1 Å². The summed E-state index contributed by atoms with van der Waals surface area (Å²) >= 11 is 6.93. The zero-order valence-electron chi connectivity index (χ0n) is 26.0. The maximum absolute atomic E-state index is 17.0. The number of hydrogen-bond donors (Lipinski definition) is 1. The number of ether oxygens (including phenoxy) is 1. The summed E-state index contributed by atoms with van der Waals surface area (Å²) < 4.78 is 25.3. The highest BCUT2D eigenvalue weighted by atomic mass is 35.5. The molecule has 2 aromatic heterocycles. The molecule has 7 rings (SSSR count). The number of halogens is 2. The molecular weight excluding hydrogens is 619 g/mol. The first-order chi connectivity index (χ1) is 22.8. The second-order valence-electron chi connectivity index (χ2n) is 12.4. The minimum atomic E-state index is -0.630. The molecule has 2 aliphatic heterocycles. The zero-order valence-corrected chi connectivity index (χ0v) is 26.8. The van der Waals surface area contributed by atoms with E-state index in [2.05, 4.69) is 24.6 Å². The van der Waals surface area contributed by atoms with Gasteiger partial charge >= 0.3 is 0 Å². The molecule has 5 aromatic rings. The first-order valence-corrected chi connectivity index (χ1v) is 16.2. The van der Waals surface area contributed by atoms with E-state index in [1.54, 1.807) is 23.4 Å². The smallest absolute Gasteiger partial charge is 0.246 e. The molecule has 3 aromatic carbocycles. The third kappa shape index (κ3) is 5.43. The number of imidazole rings is 1. The maximum Gasteiger partial charge on any atom is 0.246 e. The second-order valence-corrected chi connectivity index (χ2v) is 12.8. The Kier molecular flexibility index (Phi) is 8.20. The monoisotopic (exact) mass is 652 g/mol. The number of amides is 1. The van der Waals surface area contributed by atoms with Crippen molar-refractivity contribution in [2.75, 3.05) is 26.7 Å². The van der Waals surface area contributed by atoms with Gasteiger partial charge in [0.1, 0.15) is 17.9 Å². The summed E-state index contributed by atoms with van der Waals surface area (Å²) in [6, 6.07) is 14.3. The van der Waals surface area contributed by atoms with E-state index in [1.807, 2.05) is 28.8 Å². The summed E-state index contributed by atoms with van der Waals surface area (Å²) in [5.41, 5.74) is 1.78. The number of pyridine rings is 1. The number of nitriles is 1. The molecule has 0 radical (unpaired) electrons. The van der Waals surface area contributed by atoms with Crippen LogP contribution in [0.3, 0.4) is 0 Å². The summed E-state index contributed by atoms with van der Waals surface area (Å²) in [5, 5.41) is 22.2. The quantitative estimate of drug-likeness (QED) is 0.189. The van der Waals surface area contributed by atoms with E-state index in [4.69, 9.17) is 26.3 Å². The van der Waals surface area contributed by atoms with Gasteiger partial charge in [0.05, 0.1) is 29.4 Å². The second kappa shape index (κ2) is 12.5. The Bertz CT molecular complexity index is 2090. The Morgan fingerprint density at radius 3 is 2.79 bits per heavy atom. The number of likely N-dealkylation sites (N-methyl/N-ethyl adjacent to an activating group) is 1. The summed E-state index contributed by atoms with van der Waals surface area (Å²) in [6.07, 6.45) is 6.34. The molecule has 47 heavy (non-hydrogen) atoms. The lowest BCUT2D eigenvalue weighted by molar-refractivity contribution is -0.130. The molecule has 1 unspecified atom stereocenters. The van der Waals surface area contributed by atoms with Crippen LogP contribution < -0.4 is 4.74 Å². The molecule has 240 valence electrons. The van der Waals surface area contributed by atoms with Crippen LogP contribution in [0.15, 0.2) is 61.4 Å². The van der Waals surface area contributed by atoms with Gasteiger partial charge in [0.25, 0.3) is 0 Å². The number of aromatic hydroxyl groups is 1. The SMILES string of the molecule is C=CC(=O)N1CC[C@H](n2cnc3c(OC[C@@H]4CCCN4C)nc4c(F)c(-c5cc(O)cc6ccccc56)c(Cl)cc4c32)CC1CC#N. The standard InChI is InChI=1S/C36H34ClFN6O3/c1-3-30(46)43-14-11-23(16-22(43)10-12-39)44-20-40-34-35(44)28-18-29(37)31(27-17-25(45)15-21-7-4-5-9-26(21)27)32(38)33(28)41-36(34)47-19-24-8-6-13-42(24)2/h3-5,7,9,15,17-18,20,22-24,45H,1,6,8,10-11,13-14,16,19H2,2H3/t22?,23-,24-/m0/s1. The van der Waals surface area contributed by atoms with Gasteiger partial charge in [-0.1, -0.05) is 42.4 Å². The number of carbonyl (C=O) groups is 1. The van der Waals surface area contributed by atoms with Crippen LogP contribution in [-0.2, 0) is 4.79 Å². The molecule has 0 bridgehead atoms. The van der Waals surface area contributed by atoms with E-state index in [0.717, 1.165) is 30.2 Å². The molecule has 9 nitrogen and oxygen atoms in total. The van der Waals surface area contributed by atoms with Crippen molar-refractivity contribution in [3.8, 4) is 28.8 Å². The number of phenols is 1. The minimum Gasteiger partial charge on any atom is -0.508 e. The number of likely N-dealkylation sites (tertiary alicyclic amines) is 2. The van der Waals surface area contributed by atoms with Crippen molar-refractivity contribution < 1.29 is 19.0 Å². The highest BCUT2D eigenvalue weighted by Gasteiger charge is 2.33. The third-order valence-corrected chi connectivity index (χ3v) is 10.0. The highest BCUT2D eigenvalue weighted by molar-refractivity contribution is 6.35. The van der Waals surface area contributed by atoms with Crippen LogP contribution in [0.2, 0.25) is 5.02 Å². The van der Waals surface area contributed by atoms with Crippen molar-refractivity contribution in [1.82, 2.24) is 24.3 Å². The van der Waals surface area contributed by atoms with E-state index >= 15 is 4.39 Å². The third-order valence-electron chi connectivity index (χ3n) is 9.72. The average Bonchev–Trinajstić information content (AvgIpc) is 3.70. The maximum atomic E-state index is 17.0. The Morgan fingerprint density at radius 1 is 1.19 bits per heavy atom. The van der Waals surface area contributed by atoms with Gasteiger partial charge in [0, 0.05) is 35.6 Å². The lowest BCUT2D eigenvalue weighted by atomic mass is 9.94. The predicted molar refractivity (Wildman–Crippen MR) is 180 cm³/mol. The fourth-order valence-corrected chi connectivity index (χ4v) is 7.61. The molecule has 1 amide bonds. The average molecular weight is 653 g/mol. The molecule has 0 saturated carbocycles. The normalized spacial score (nSPS) is 20.2. The fourth-order valence-electron chi connectivity index (χ4n) is 7.32. The van der Waals surface area contributed by atoms with Crippen LogP contribution >= 0.6 is 11.6 Å². The summed E-state index contributed by atoms with van der Waals surface area (Å²) in [6.45, 7) is 5.42. The molecule has 1 N–H and O–H groups in total. The van der Waals surface area contributed by atoms with Crippen LogP contribution in [0.25, 0.3) is 43.8 Å². The van der Waals surface area contributed by atoms with E-state index in [-0.39, 0.29) is 58.2 Å². The lowest BCUT2D eigenvalue weighted by Crippen LogP contribution is -2.45. The number of hydrogen-bond acceptors (Lipinski definition) is 7. The van der Waals surface area contributed by atoms with E-state index < -0.39 is 5.82 Å². The van der Waals surface area contributed by atoms with Gasteiger partial charge in [-0.25, -0.2) is 14.4 Å². The van der Waals surface area contributed by atoms with Crippen molar-refractivity contribution >= 4 is 50.2 Å². The largest absolute Gasteiger partial charge is 0.508 e. The number of fused-ring (bicyclic) bond motifs is 4. The molecule has 0 aliphatic carbocycles. The van der Waals surface area contributed by atoms with Crippen LogP contribution in [0.5, 0.6) is 11.6 Å². The van der Waals surface area contributed by atoms with Gasteiger partial charge in [0.15, 0.2) is 11.3 Å². The Morgan fingerprint density at radius 2 is 2.02 bits per heavy atom. The molecule has 4 heterocycles. The molecule has 2 saturated heterocycles. The summed E-state index contributed by atoms with van der Waals surface area (Å²) in [4.78, 5) is 26.0. The Labute approximate surface area is 276 Å². The molecule has 2 aliphatic rings. The van der Waals surface area contributed by atoms with Gasteiger partial charge in [-0.05, 0) is 79.9 Å². The number of carbonyl (C=O) groups excluding carboxylic acids is 1. The first kappa shape index (κ1) is 30.9. The Hall–Kier alpha value is -4.72. The van der Waals surface area contributed by atoms with Gasteiger partial charge in [-0.15, -0.1) is 0 Å². The highest BCUT2D eigenvalue weighted by Crippen LogP contribution is 2.44. The van der Waals surface area contributed by atoms with Crippen LogP contribution in [0, 0.1) is 17.1 Å². The summed E-state index contributed by atoms with van der Waals surface area (Å²) in [5.74, 6) is -0.613. The molecule has 11 heteroatoms. The van der Waals surface area contributed by atoms with E-state index in [9.17, 15) is 15.2 Å². The number of rotatable bonds is 7. The van der Waals surface area contributed by atoms with Gasteiger partial charge in [0.2, 0.25) is 11.8 Å². The lowest BCUT2D eigenvalue weighted by Gasteiger charge is -2.38. The van der Waals surface area contributed by atoms with Crippen molar-refractivity contribution in [1.29, 1.82) is 5.26 Å². The van der Waals surface area contributed by atoms with Gasteiger partial charge in [-0.2, -0.15) is 5.26 Å². The van der Waals surface area contributed by atoms with Crippen molar-refractivity contribution in [3.05, 3.63) is 72.3 Å². The number of piperidine rings is 1. The molecular formula is C36H34ClFN6O3. The summed E-state index contributed by atoms with van der Waals surface area (Å²) in [7, 11) is 2.06. The van der Waals surface area contributed by atoms with Gasteiger partial charge < -0.3 is 24.2 Å². The van der Waals surface area contributed by atoms with Crippen molar-refractivity contribution in [2.24, 2.45) is 0 Å². The first-order valence-electron chi connectivity index (χ1n) is 15.8. The zero-order chi connectivity index (χ0) is 32.8. The number of nitrogens with zero attached hydrogens (tertiary/aromatic N) is 6. The van der Waals surface area contributed by atoms with Gasteiger partial charge in [-0.3, -0.25) is 4.79 Å². The van der Waals surface area contributed by atoms with E-state index in [0.29, 0.717) is 48.0 Å². The predicted octanol–water partition coefficient (Wildman–Crippen LogP) is 7.01. The molecule has 0 spiro atoms. The van der Waals surface area contributed by atoms with Crippen molar-refractivity contribution in [3.63, 3.8) is 0 Å². The minimum absolute atomic E-state index is 0.00587. The molecule has 3 atom stereocenters. The number of aromatic nitrogens is 3. The fraction of sp³-hybridized carbons (Fsp3) is 0.333.